The predicted molar refractivity (Wildman–Crippen MR) is 95.1 cm³/mol. The van der Waals surface area contributed by atoms with Gasteiger partial charge in [0.1, 0.15) is 0 Å². The molecule has 0 amide bonds. The van der Waals surface area contributed by atoms with Crippen LogP contribution in [-0.2, 0) is 11.3 Å². The summed E-state index contributed by atoms with van der Waals surface area (Å²) in [5.41, 5.74) is 0.956. The molecule has 130 valence electrons. The first-order valence-electron chi connectivity index (χ1n) is 8.63. The Morgan fingerprint density at radius 2 is 2.08 bits per heavy atom. The first-order chi connectivity index (χ1) is 12.3. The van der Waals surface area contributed by atoms with Crippen molar-refractivity contribution in [1.29, 1.82) is 0 Å². The van der Waals surface area contributed by atoms with Crippen molar-refractivity contribution in [3.05, 3.63) is 60.4 Å². The van der Waals surface area contributed by atoms with Crippen molar-refractivity contribution >= 4 is 10.8 Å². The fourth-order valence-electron chi connectivity index (χ4n) is 3.36. The number of β-amino-alcohol motifs (C(OH)–C–C–N with tert-alkyl or cyclic N) is 1. The lowest BCUT2D eigenvalue weighted by Gasteiger charge is -2.34. The molecule has 1 N–H and O–H groups in total. The minimum Gasteiger partial charge on any atom is -0.387 e. The van der Waals surface area contributed by atoms with Crippen LogP contribution >= 0.6 is 0 Å². The summed E-state index contributed by atoms with van der Waals surface area (Å²) >= 11 is 0. The number of aliphatic hydroxyl groups excluding tert-OH is 1. The maximum Gasteiger partial charge on any atom is 0.0917 e. The molecule has 0 bridgehead atoms. The Bertz CT molecular complexity index is 821. The summed E-state index contributed by atoms with van der Waals surface area (Å²) in [4.78, 5) is 2.25. The molecular formula is C19H22N4O2. The third-order valence-electron chi connectivity index (χ3n) is 4.67. The van der Waals surface area contributed by atoms with E-state index in [2.05, 4.69) is 39.5 Å². The fraction of sp³-hybridized carbons (Fsp3) is 0.368. The van der Waals surface area contributed by atoms with E-state index >= 15 is 0 Å². The first-order valence-corrected chi connectivity index (χ1v) is 8.63. The molecule has 3 aromatic rings. The molecule has 1 fully saturated rings. The van der Waals surface area contributed by atoms with E-state index in [-0.39, 0.29) is 6.10 Å². The molecular weight excluding hydrogens is 316 g/mol. The number of aliphatic hydroxyl groups is 1. The van der Waals surface area contributed by atoms with Crippen LogP contribution in [0.5, 0.6) is 0 Å². The minimum atomic E-state index is -0.505. The van der Waals surface area contributed by atoms with Gasteiger partial charge < -0.3 is 9.84 Å². The molecule has 1 aliphatic rings. The summed E-state index contributed by atoms with van der Waals surface area (Å²) in [7, 11) is 0. The number of ether oxygens (including phenoxy) is 1. The van der Waals surface area contributed by atoms with Crippen LogP contribution in [0.15, 0.2) is 54.9 Å². The molecule has 0 saturated carbocycles. The zero-order chi connectivity index (χ0) is 17.1. The number of benzene rings is 2. The molecule has 0 spiro atoms. The maximum absolute atomic E-state index is 10.7. The van der Waals surface area contributed by atoms with Gasteiger partial charge in [0.2, 0.25) is 0 Å². The van der Waals surface area contributed by atoms with E-state index in [1.807, 2.05) is 24.4 Å². The zero-order valence-corrected chi connectivity index (χ0v) is 14.0. The summed E-state index contributed by atoms with van der Waals surface area (Å²) in [6.45, 7) is 3.57. The molecule has 2 aromatic carbocycles. The van der Waals surface area contributed by atoms with Crippen molar-refractivity contribution in [2.75, 3.05) is 26.2 Å². The largest absolute Gasteiger partial charge is 0.387 e. The fourth-order valence-corrected chi connectivity index (χ4v) is 3.36. The van der Waals surface area contributed by atoms with Crippen LogP contribution < -0.4 is 0 Å². The van der Waals surface area contributed by atoms with Crippen LogP contribution in [0, 0.1) is 0 Å². The van der Waals surface area contributed by atoms with Crippen molar-refractivity contribution in [2.45, 2.75) is 18.8 Å². The molecule has 2 atom stereocenters. The lowest BCUT2D eigenvalue weighted by atomic mass is 10.0. The number of morpholine rings is 1. The number of aromatic nitrogens is 3. The second kappa shape index (κ2) is 7.31. The standard InChI is InChI=1S/C19H22N4O2/c24-19(17-6-5-15-3-1-2-4-16(15)11-17)14-22-9-10-25-18(12-22)13-23-8-7-20-21-23/h1-8,11,18-19,24H,9-10,12-14H2. The van der Waals surface area contributed by atoms with E-state index in [4.69, 9.17) is 4.74 Å². The van der Waals surface area contributed by atoms with E-state index < -0.39 is 6.10 Å². The molecule has 1 saturated heterocycles. The zero-order valence-electron chi connectivity index (χ0n) is 14.0. The second-order valence-corrected chi connectivity index (χ2v) is 6.50. The Labute approximate surface area is 146 Å². The quantitative estimate of drug-likeness (QED) is 0.769. The molecule has 6 heteroatoms. The molecule has 6 nitrogen and oxygen atoms in total. The Morgan fingerprint density at radius 3 is 2.92 bits per heavy atom. The van der Waals surface area contributed by atoms with Crippen LogP contribution in [0.1, 0.15) is 11.7 Å². The van der Waals surface area contributed by atoms with Crippen molar-refractivity contribution in [1.82, 2.24) is 19.9 Å². The van der Waals surface area contributed by atoms with Gasteiger partial charge in [0.05, 0.1) is 31.6 Å². The molecule has 4 rings (SSSR count). The van der Waals surface area contributed by atoms with Gasteiger partial charge in [0.15, 0.2) is 0 Å². The van der Waals surface area contributed by atoms with Crippen LogP contribution in [-0.4, -0.2) is 57.3 Å². The number of hydrogen-bond acceptors (Lipinski definition) is 5. The van der Waals surface area contributed by atoms with Crippen molar-refractivity contribution < 1.29 is 9.84 Å². The average Bonchev–Trinajstić information content (AvgIpc) is 3.14. The van der Waals surface area contributed by atoms with E-state index in [9.17, 15) is 5.11 Å². The van der Waals surface area contributed by atoms with Crippen LogP contribution in [0.25, 0.3) is 10.8 Å². The highest BCUT2D eigenvalue weighted by atomic mass is 16.5. The highest BCUT2D eigenvalue weighted by molar-refractivity contribution is 5.83. The van der Waals surface area contributed by atoms with E-state index in [0.29, 0.717) is 19.7 Å². The molecule has 25 heavy (non-hydrogen) atoms. The number of fused-ring (bicyclic) bond motifs is 1. The van der Waals surface area contributed by atoms with Crippen molar-refractivity contribution in [2.24, 2.45) is 0 Å². The molecule has 0 aliphatic carbocycles. The molecule has 2 unspecified atom stereocenters. The summed E-state index contributed by atoms with van der Waals surface area (Å²) in [6.07, 6.45) is 3.07. The van der Waals surface area contributed by atoms with Gasteiger partial charge in [0.25, 0.3) is 0 Å². The number of rotatable bonds is 5. The summed E-state index contributed by atoms with van der Waals surface area (Å²) < 4.78 is 7.60. The molecule has 1 aromatic heterocycles. The summed E-state index contributed by atoms with van der Waals surface area (Å²) in [6, 6.07) is 14.4. The van der Waals surface area contributed by atoms with Gasteiger partial charge in [-0.1, -0.05) is 41.6 Å². The minimum absolute atomic E-state index is 0.0688. The monoisotopic (exact) mass is 338 g/mol. The first kappa shape index (κ1) is 16.2. The highest BCUT2D eigenvalue weighted by Crippen LogP contribution is 2.22. The Balaban J connectivity index is 1.39. The van der Waals surface area contributed by atoms with Crippen molar-refractivity contribution in [3.63, 3.8) is 0 Å². The lowest BCUT2D eigenvalue weighted by molar-refractivity contribution is -0.0488. The third-order valence-corrected chi connectivity index (χ3v) is 4.67. The van der Waals surface area contributed by atoms with Gasteiger partial charge in [-0.2, -0.15) is 0 Å². The molecule has 1 aliphatic heterocycles. The van der Waals surface area contributed by atoms with Gasteiger partial charge in [-0.05, 0) is 22.4 Å². The Morgan fingerprint density at radius 1 is 1.20 bits per heavy atom. The highest BCUT2D eigenvalue weighted by Gasteiger charge is 2.23. The summed E-state index contributed by atoms with van der Waals surface area (Å²) in [5.74, 6) is 0. The Kier molecular flexibility index (Phi) is 4.74. The number of hydrogen-bond donors (Lipinski definition) is 1. The van der Waals surface area contributed by atoms with Gasteiger partial charge in [0, 0.05) is 25.8 Å². The normalized spacial score (nSPS) is 20.0. The summed E-state index contributed by atoms with van der Waals surface area (Å²) in [5, 5.41) is 20.8. The van der Waals surface area contributed by atoms with E-state index in [0.717, 1.165) is 24.0 Å². The van der Waals surface area contributed by atoms with Crippen LogP contribution in [0.4, 0.5) is 0 Å². The third kappa shape index (κ3) is 3.87. The molecule has 2 heterocycles. The smallest absolute Gasteiger partial charge is 0.0917 e. The Hall–Kier alpha value is -2.28. The van der Waals surface area contributed by atoms with Gasteiger partial charge >= 0.3 is 0 Å². The number of nitrogens with zero attached hydrogens (tertiary/aromatic N) is 4. The van der Waals surface area contributed by atoms with Crippen molar-refractivity contribution in [3.8, 4) is 0 Å². The van der Waals surface area contributed by atoms with Crippen LogP contribution in [0.3, 0.4) is 0 Å². The maximum atomic E-state index is 10.7. The van der Waals surface area contributed by atoms with E-state index in [1.54, 1.807) is 10.9 Å². The second-order valence-electron chi connectivity index (χ2n) is 6.50. The van der Waals surface area contributed by atoms with E-state index in [1.165, 1.54) is 5.39 Å². The van der Waals surface area contributed by atoms with Gasteiger partial charge in [-0.3, -0.25) is 4.90 Å². The van der Waals surface area contributed by atoms with Crippen LogP contribution in [0.2, 0.25) is 0 Å². The SMILES string of the molecule is OC(CN1CCOC(Cn2ccnn2)C1)c1ccc2ccccc2c1. The molecule has 0 radical (unpaired) electrons. The van der Waals surface area contributed by atoms with Gasteiger partial charge in [-0.25, -0.2) is 4.68 Å². The average molecular weight is 338 g/mol. The topological polar surface area (TPSA) is 63.4 Å². The lowest BCUT2D eigenvalue weighted by Crippen LogP contribution is -2.45. The predicted octanol–water partition coefficient (Wildman–Crippen LogP) is 1.87. The van der Waals surface area contributed by atoms with Gasteiger partial charge in [-0.15, -0.1) is 5.10 Å².